The van der Waals surface area contributed by atoms with E-state index in [9.17, 15) is 25.2 Å². The predicted molar refractivity (Wildman–Crippen MR) is 92.3 cm³/mol. The van der Waals surface area contributed by atoms with Crippen molar-refractivity contribution in [1.82, 2.24) is 0 Å². The first kappa shape index (κ1) is 17.8. The van der Waals surface area contributed by atoms with Gasteiger partial charge in [-0.05, 0) is 30.3 Å². The summed E-state index contributed by atoms with van der Waals surface area (Å²) in [6, 6.07) is 0. The van der Waals surface area contributed by atoms with Gasteiger partial charge in [0.25, 0.3) is 0 Å². The first-order valence-corrected chi connectivity index (χ1v) is 9.62. The highest BCUT2D eigenvalue weighted by molar-refractivity contribution is 5.93. The first-order valence-electron chi connectivity index (χ1n) is 9.62. The molecule has 1 saturated carbocycles. The fraction of sp³-hybridized carbons (Fsp3) is 0.750. The number of cyclic esters (lactones) is 1. The average Bonchev–Trinajstić information content (AvgIpc) is 3.20. The van der Waals surface area contributed by atoms with Crippen LogP contribution in [0.5, 0.6) is 0 Å². The van der Waals surface area contributed by atoms with Crippen LogP contribution in [-0.2, 0) is 14.3 Å². The zero-order chi connectivity index (χ0) is 19.6. The van der Waals surface area contributed by atoms with Crippen molar-refractivity contribution in [3.8, 4) is 0 Å². The topological polar surface area (TPSA) is 120 Å². The number of hydrogen-bond acceptors (Lipinski definition) is 7. The van der Waals surface area contributed by atoms with Crippen LogP contribution in [0.3, 0.4) is 0 Å². The molecule has 2 heterocycles. The van der Waals surface area contributed by atoms with Gasteiger partial charge in [0, 0.05) is 5.41 Å². The molecule has 0 radical (unpaired) electrons. The van der Waals surface area contributed by atoms with Gasteiger partial charge in [0.05, 0.1) is 17.8 Å². The molecule has 5 rings (SSSR count). The maximum Gasteiger partial charge on any atom is 0.337 e. The van der Waals surface area contributed by atoms with E-state index in [1.807, 2.05) is 20.8 Å². The van der Waals surface area contributed by atoms with Crippen LogP contribution in [0.4, 0.5) is 0 Å². The number of hydrogen-bond donors (Lipinski definition) is 4. The molecule has 7 heteroatoms. The summed E-state index contributed by atoms with van der Waals surface area (Å²) in [6.45, 7) is 5.60. The molecule has 27 heavy (non-hydrogen) atoms. The van der Waals surface area contributed by atoms with Gasteiger partial charge in [0.2, 0.25) is 0 Å². The molecular weight excluding hydrogens is 352 g/mol. The highest BCUT2D eigenvalue weighted by atomic mass is 16.6. The number of aliphatic hydroxyl groups is 4. The number of esters is 1. The summed E-state index contributed by atoms with van der Waals surface area (Å²) in [5.74, 6) is -0.978. The Morgan fingerprint density at radius 1 is 1.22 bits per heavy atom. The van der Waals surface area contributed by atoms with Crippen molar-refractivity contribution in [2.24, 2.45) is 17.3 Å². The summed E-state index contributed by atoms with van der Waals surface area (Å²) < 4.78 is 11.1. The van der Waals surface area contributed by atoms with E-state index in [1.54, 1.807) is 6.08 Å². The van der Waals surface area contributed by atoms with E-state index >= 15 is 0 Å². The van der Waals surface area contributed by atoms with Crippen LogP contribution in [0.2, 0.25) is 0 Å². The highest BCUT2D eigenvalue weighted by Gasteiger charge is 2.84. The molecule has 0 aromatic carbocycles. The molecule has 2 aliphatic heterocycles. The molecule has 0 aromatic rings. The summed E-state index contributed by atoms with van der Waals surface area (Å²) in [7, 11) is 0. The molecular formula is C20H26O7. The van der Waals surface area contributed by atoms with Crippen LogP contribution in [0, 0.1) is 17.3 Å². The van der Waals surface area contributed by atoms with E-state index in [-0.39, 0.29) is 24.9 Å². The van der Waals surface area contributed by atoms with Crippen molar-refractivity contribution >= 4 is 5.97 Å². The summed E-state index contributed by atoms with van der Waals surface area (Å²) in [5.41, 5.74) is -4.23. The molecule has 3 aliphatic carbocycles. The van der Waals surface area contributed by atoms with Crippen molar-refractivity contribution in [2.45, 2.75) is 68.7 Å². The van der Waals surface area contributed by atoms with E-state index in [0.717, 1.165) is 5.57 Å². The Morgan fingerprint density at radius 3 is 2.59 bits per heavy atom. The SMILES string of the molecule is CC(C)[C@]1(O)C=C[C@]2(O)[C@]3(O[C@H]3C[C@H]3C4=C(C(=O)OC4)[C@@H](O)C[C@@]32C)[C@@H]1O. The predicted octanol–water partition coefficient (Wildman–Crippen LogP) is -0.183. The molecule has 0 aromatic heterocycles. The third-order valence-corrected chi connectivity index (χ3v) is 8.10. The molecule has 5 aliphatic rings. The Hall–Kier alpha value is -1.25. The lowest BCUT2D eigenvalue weighted by Gasteiger charge is -2.60. The standard InChI is InChI=1S/C20H26O7/c1-9(2)18(24)4-5-19(25)17(3)7-12(21)14-10(8-26-15(14)22)11(17)6-13-20(19,27-13)16(18)23/h4-5,9,11-13,16,21,23-25H,6-8H2,1-3H3/t11-,12-,13-,16+,17-,18+,19+,20+/m0/s1. The number of carbonyl (C=O) groups excluding carboxylic acids is 1. The van der Waals surface area contributed by atoms with Gasteiger partial charge >= 0.3 is 5.97 Å². The summed E-state index contributed by atoms with van der Waals surface area (Å²) in [4.78, 5) is 12.0. The summed E-state index contributed by atoms with van der Waals surface area (Å²) >= 11 is 0. The van der Waals surface area contributed by atoms with Gasteiger partial charge in [-0.3, -0.25) is 0 Å². The van der Waals surface area contributed by atoms with Gasteiger partial charge < -0.3 is 29.9 Å². The second-order valence-corrected chi connectivity index (χ2v) is 9.38. The fourth-order valence-electron chi connectivity index (χ4n) is 6.31. The van der Waals surface area contributed by atoms with Gasteiger partial charge in [-0.25, -0.2) is 4.79 Å². The molecule has 8 atom stereocenters. The lowest BCUT2D eigenvalue weighted by Crippen LogP contribution is -2.74. The lowest BCUT2D eigenvalue weighted by molar-refractivity contribution is -0.211. The molecule has 0 bridgehead atoms. The van der Waals surface area contributed by atoms with Gasteiger partial charge in [0.1, 0.15) is 23.9 Å². The fourth-order valence-corrected chi connectivity index (χ4v) is 6.31. The van der Waals surface area contributed by atoms with Crippen molar-refractivity contribution in [3.05, 3.63) is 23.3 Å². The smallest absolute Gasteiger partial charge is 0.337 e. The van der Waals surface area contributed by atoms with Crippen LogP contribution in [0.1, 0.15) is 33.6 Å². The Balaban J connectivity index is 1.68. The Morgan fingerprint density at radius 2 is 1.93 bits per heavy atom. The van der Waals surface area contributed by atoms with Crippen LogP contribution >= 0.6 is 0 Å². The molecule has 148 valence electrons. The first-order chi connectivity index (χ1) is 12.5. The van der Waals surface area contributed by atoms with E-state index < -0.39 is 46.5 Å². The van der Waals surface area contributed by atoms with E-state index in [1.165, 1.54) is 6.08 Å². The maximum atomic E-state index is 12.0. The molecule has 7 nitrogen and oxygen atoms in total. The van der Waals surface area contributed by atoms with Crippen molar-refractivity contribution in [3.63, 3.8) is 0 Å². The van der Waals surface area contributed by atoms with Gasteiger partial charge in [-0.15, -0.1) is 0 Å². The van der Waals surface area contributed by atoms with E-state index in [4.69, 9.17) is 9.47 Å². The van der Waals surface area contributed by atoms with Crippen LogP contribution in [0.15, 0.2) is 23.3 Å². The minimum atomic E-state index is -1.58. The minimum absolute atomic E-state index is 0.115. The molecule has 0 amide bonds. The monoisotopic (exact) mass is 378 g/mol. The molecule has 1 saturated heterocycles. The van der Waals surface area contributed by atoms with Crippen molar-refractivity contribution < 1.29 is 34.7 Å². The minimum Gasteiger partial charge on any atom is -0.458 e. The van der Waals surface area contributed by atoms with E-state index in [2.05, 4.69) is 0 Å². The number of rotatable bonds is 1. The number of fused-ring (bicyclic) bond motifs is 3. The largest absolute Gasteiger partial charge is 0.458 e. The number of ether oxygens (including phenoxy) is 2. The lowest BCUT2D eigenvalue weighted by atomic mass is 9.45. The number of aliphatic hydroxyl groups excluding tert-OH is 2. The third-order valence-electron chi connectivity index (χ3n) is 8.10. The third kappa shape index (κ3) is 1.70. The Kier molecular flexibility index (Phi) is 3.19. The normalized spacial score (nSPS) is 55.6. The molecule has 0 unspecified atom stereocenters. The summed E-state index contributed by atoms with van der Waals surface area (Å²) in [5, 5.41) is 44.7. The Labute approximate surface area is 157 Å². The van der Waals surface area contributed by atoms with Crippen LogP contribution < -0.4 is 0 Å². The quantitative estimate of drug-likeness (QED) is 0.284. The van der Waals surface area contributed by atoms with Gasteiger partial charge in [-0.1, -0.05) is 32.9 Å². The molecule has 4 N–H and O–H groups in total. The maximum absolute atomic E-state index is 12.0. The molecule has 2 fully saturated rings. The van der Waals surface area contributed by atoms with Crippen molar-refractivity contribution in [2.75, 3.05) is 6.61 Å². The second-order valence-electron chi connectivity index (χ2n) is 9.38. The highest BCUT2D eigenvalue weighted by Crippen LogP contribution is 2.71. The Bertz CT molecular complexity index is 802. The number of epoxide rings is 1. The van der Waals surface area contributed by atoms with Crippen LogP contribution in [-0.4, -0.2) is 68.1 Å². The zero-order valence-electron chi connectivity index (χ0n) is 15.7. The van der Waals surface area contributed by atoms with Crippen LogP contribution in [0.25, 0.3) is 0 Å². The van der Waals surface area contributed by atoms with E-state index in [0.29, 0.717) is 12.0 Å². The zero-order valence-corrected chi connectivity index (χ0v) is 15.7. The van der Waals surface area contributed by atoms with Gasteiger partial charge in [0.15, 0.2) is 5.60 Å². The van der Waals surface area contributed by atoms with Crippen molar-refractivity contribution in [1.29, 1.82) is 0 Å². The average molecular weight is 378 g/mol. The number of carbonyl (C=O) groups is 1. The summed E-state index contributed by atoms with van der Waals surface area (Å²) in [6.07, 6.45) is 0.914. The van der Waals surface area contributed by atoms with Gasteiger partial charge in [-0.2, -0.15) is 0 Å². The molecule has 1 spiro atoms. The second kappa shape index (κ2) is 4.83.